The Kier molecular flexibility index (Phi) is 5.05. The number of hydrogen-bond donors (Lipinski definition) is 0. The van der Waals surface area contributed by atoms with Gasteiger partial charge in [0.1, 0.15) is 11.5 Å². The van der Waals surface area contributed by atoms with Gasteiger partial charge >= 0.3 is 0 Å². The second kappa shape index (κ2) is 7.20. The zero-order valence-corrected chi connectivity index (χ0v) is 14.0. The molecule has 1 aliphatic heterocycles. The van der Waals surface area contributed by atoms with E-state index in [-0.39, 0.29) is 0 Å². The molecule has 2 heterocycles. The van der Waals surface area contributed by atoms with Crippen LogP contribution in [0.1, 0.15) is 18.4 Å². The number of hydrogen-bond acceptors (Lipinski definition) is 5. The van der Waals surface area contributed by atoms with E-state index in [2.05, 4.69) is 4.90 Å². The molecule has 118 valence electrons. The van der Waals surface area contributed by atoms with Gasteiger partial charge in [-0.1, -0.05) is 12.1 Å². The SMILES string of the molecule is CCOc1ccccc1-c1nc(CN2CCSCC2)c(C)o1. The van der Waals surface area contributed by atoms with Gasteiger partial charge in [-0.3, -0.25) is 4.90 Å². The fourth-order valence-corrected chi connectivity index (χ4v) is 3.56. The highest BCUT2D eigenvalue weighted by molar-refractivity contribution is 7.99. The molecule has 2 aromatic rings. The molecule has 0 bridgehead atoms. The summed E-state index contributed by atoms with van der Waals surface area (Å²) in [7, 11) is 0. The van der Waals surface area contributed by atoms with Crippen molar-refractivity contribution in [2.75, 3.05) is 31.2 Å². The van der Waals surface area contributed by atoms with Crippen LogP contribution < -0.4 is 4.74 Å². The summed E-state index contributed by atoms with van der Waals surface area (Å²) in [5.74, 6) is 4.79. The first-order valence-corrected chi connectivity index (χ1v) is 8.92. The highest BCUT2D eigenvalue weighted by atomic mass is 32.2. The summed E-state index contributed by atoms with van der Waals surface area (Å²) in [4.78, 5) is 7.17. The molecule has 1 saturated heterocycles. The molecule has 0 amide bonds. The average molecular weight is 318 g/mol. The van der Waals surface area contributed by atoms with Crippen LogP contribution in [0.2, 0.25) is 0 Å². The van der Waals surface area contributed by atoms with Crippen molar-refractivity contribution in [2.24, 2.45) is 0 Å². The van der Waals surface area contributed by atoms with Crippen molar-refractivity contribution in [1.29, 1.82) is 0 Å². The zero-order valence-electron chi connectivity index (χ0n) is 13.2. The molecule has 1 aromatic heterocycles. The van der Waals surface area contributed by atoms with Gasteiger partial charge < -0.3 is 9.15 Å². The number of nitrogens with zero attached hydrogens (tertiary/aromatic N) is 2. The van der Waals surface area contributed by atoms with Crippen molar-refractivity contribution in [1.82, 2.24) is 9.88 Å². The number of aromatic nitrogens is 1. The summed E-state index contributed by atoms with van der Waals surface area (Å²) >= 11 is 2.02. The summed E-state index contributed by atoms with van der Waals surface area (Å²) in [5.41, 5.74) is 1.96. The summed E-state index contributed by atoms with van der Waals surface area (Å²) in [5, 5.41) is 0. The van der Waals surface area contributed by atoms with Gasteiger partial charge in [0.25, 0.3) is 0 Å². The van der Waals surface area contributed by atoms with Crippen LogP contribution in [0, 0.1) is 6.92 Å². The largest absolute Gasteiger partial charge is 0.493 e. The Bertz CT molecular complexity index is 621. The maximum absolute atomic E-state index is 5.91. The smallest absolute Gasteiger partial charge is 0.230 e. The van der Waals surface area contributed by atoms with E-state index in [1.807, 2.05) is 49.9 Å². The molecule has 1 aromatic carbocycles. The van der Waals surface area contributed by atoms with E-state index in [0.717, 1.165) is 42.4 Å². The van der Waals surface area contributed by atoms with E-state index < -0.39 is 0 Å². The van der Waals surface area contributed by atoms with Crippen molar-refractivity contribution < 1.29 is 9.15 Å². The van der Waals surface area contributed by atoms with E-state index in [0.29, 0.717) is 12.5 Å². The maximum Gasteiger partial charge on any atom is 0.230 e. The molecule has 1 fully saturated rings. The molecular weight excluding hydrogens is 296 g/mol. The fourth-order valence-electron chi connectivity index (χ4n) is 2.59. The van der Waals surface area contributed by atoms with Crippen LogP contribution in [0.4, 0.5) is 0 Å². The Morgan fingerprint density at radius 1 is 1.27 bits per heavy atom. The van der Waals surface area contributed by atoms with Gasteiger partial charge in [0.05, 0.1) is 17.9 Å². The van der Waals surface area contributed by atoms with Gasteiger partial charge in [-0.15, -0.1) is 0 Å². The Balaban J connectivity index is 1.82. The van der Waals surface area contributed by atoms with E-state index in [1.54, 1.807) is 0 Å². The molecule has 3 rings (SSSR count). The molecule has 0 N–H and O–H groups in total. The average Bonchev–Trinajstić information content (AvgIpc) is 2.90. The van der Waals surface area contributed by atoms with Crippen LogP contribution in [-0.2, 0) is 6.54 Å². The van der Waals surface area contributed by atoms with Crippen LogP contribution in [0.25, 0.3) is 11.5 Å². The molecule has 1 aliphatic rings. The molecular formula is C17H22N2O2S. The standard InChI is InChI=1S/C17H22N2O2S/c1-3-20-16-7-5-4-6-14(16)17-18-15(13(2)21-17)12-19-8-10-22-11-9-19/h4-7H,3,8-12H2,1-2H3. The Morgan fingerprint density at radius 2 is 2.05 bits per heavy atom. The van der Waals surface area contributed by atoms with E-state index >= 15 is 0 Å². The highest BCUT2D eigenvalue weighted by Crippen LogP contribution is 2.31. The van der Waals surface area contributed by atoms with Gasteiger partial charge in [-0.2, -0.15) is 11.8 Å². The first-order valence-electron chi connectivity index (χ1n) is 7.76. The second-order valence-electron chi connectivity index (χ2n) is 5.34. The van der Waals surface area contributed by atoms with Crippen molar-refractivity contribution in [3.8, 4) is 17.2 Å². The fraction of sp³-hybridized carbons (Fsp3) is 0.471. The van der Waals surface area contributed by atoms with Gasteiger partial charge in [-0.05, 0) is 26.0 Å². The first kappa shape index (κ1) is 15.4. The van der Waals surface area contributed by atoms with Gasteiger partial charge in [0.2, 0.25) is 5.89 Å². The molecule has 0 saturated carbocycles. The van der Waals surface area contributed by atoms with Crippen LogP contribution in [0.15, 0.2) is 28.7 Å². The minimum Gasteiger partial charge on any atom is -0.493 e. The molecule has 22 heavy (non-hydrogen) atoms. The highest BCUT2D eigenvalue weighted by Gasteiger charge is 2.18. The lowest BCUT2D eigenvalue weighted by Gasteiger charge is -2.25. The van der Waals surface area contributed by atoms with Crippen LogP contribution >= 0.6 is 11.8 Å². The van der Waals surface area contributed by atoms with E-state index in [1.165, 1.54) is 11.5 Å². The van der Waals surface area contributed by atoms with Crippen LogP contribution in [0.5, 0.6) is 5.75 Å². The number of para-hydroxylation sites is 1. The van der Waals surface area contributed by atoms with E-state index in [9.17, 15) is 0 Å². The Morgan fingerprint density at radius 3 is 2.82 bits per heavy atom. The number of rotatable bonds is 5. The molecule has 0 aliphatic carbocycles. The van der Waals surface area contributed by atoms with Crippen molar-refractivity contribution in [2.45, 2.75) is 20.4 Å². The summed E-state index contributed by atoms with van der Waals surface area (Å²) in [6.07, 6.45) is 0. The van der Waals surface area contributed by atoms with Gasteiger partial charge in [-0.25, -0.2) is 4.98 Å². The number of oxazole rings is 1. The first-order chi connectivity index (χ1) is 10.8. The number of benzene rings is 1. The van der Waals surface area contributed by atoms with Crippen molar-refractivity contribution in [3.05, 3.63) is 35.7 Å². The number of aryl methyl sites for hydroxylation is 1. The van der Waals surface area contributed by atoms with Crippen LogP contribution in [0.3, 0.4) is 0 Å². The minimum absolute atomic E-state index is 0.634. The van der Waals surface area contributed by atoms with Crippen LogP contribution in [-0.4, -0.2) is 41.1 Å². The molecule has 5 heteroatoms. The second-order valence-corrected chi connectivity index (χ2v) is 6.56. The molecule has 4 nitrogen and oxygen atoms in total. The Labute approximate surface area is 135 Å². The zero-order chi connectivity index (χ0) is 15.4. The maximum atomic E-state index is 5.91. The van der Waals surface area contributed by atoms with Crippen molar-refractivity contribution in [3.63, 3.8) is 0 Å². The topological polar surface area (TPSA) is 38.5 Å². The lowest BCUT2D eigenvalue weighted by atomic mass is 10.2. The normalized spacial score (nSPS) is 15.9. The monoisotopic (exact) mass is 318 g/mol. The molecule has 0 atom stereocenters. The third-order valence-electron chi connectivity index (χ3n) is 3.79. The predicted molar refractivity (Wildman–Crippen MR) is 90.4 cm³/mol. The third kappa shape index (κ3) is 3.47. The minimum atomic E-state index is 0.634. The quantitative estimate of drug-likeness (QED) is 0.842. The predicted octanol–water partition coefficient (Wildman–Crippen LogP) is 3.60. The van der Waals surface area contributed by atoms with Crippen molar-refractivity contribution >= 4 is 11.8 Å². The summed E-state index contributed by atoms with van der Waals surface area (Å²) < 4.78 is 11.6. The molecule has 0 radical (unpaired) electrons. The molecule has 0 unspecified atom stereocenters. The summed E-state index contributed by atoms with van der Waals surface area (Å²) in [6.45, 7) is 7.73. The molecule has 0 spiro atoms. The van der Waals surface area contributed by atoms with Gasteiger partial charge in [0, 0.05) is 31.1 Å². The lowest BCUT2D eigenvalue weighted by molar-refractivity contribution is 0.289. The van der Waals surface area contributed by atoms with Gasteiger partial charge in [0.15, 0.2) is 0 Å². The lowest BCUT2D eigenvalue weighted by Crippen LogP contribution is -2.32. The number of thioether (sulfide) groups is 1. The summed E-state index contributed by atoms with van der Waals surface area (Å²) in [6, 6.07) is 7.91. The van der Waals surface area contributed by atoms with E-state index in [4.69, 9.17) is 14.1 Å². The Hall–Kier alpha value is -1.46. The number of ether oxygens (including phenoxy) is 1. The third-order valence-corrected chi connectivity index (χ3v) is 4.73.